The van der Waals surface area contributed by atoms with E-state index in [9.17, 15) is 8.42 Å². The first-order chi connectivity index (χ1) is 3.42. The predicted octanol–water partition coefficient (Wildman–Crippen LogP) is 0.448. The molecule has 0 saturated heterocycles. The average molecular weight is 225 g/mol. The molecule has 0 aromatic rings. The molecule has 0 aliphatic heterocycles. The van der Waals surface area contributed by atoms with Gasteiger partial charge in [-0.1, -0.05) is 12.2 Å². The summed E-state index contributed by atoms with van der Waals surface area (Å²) >= 11 is 0. The van der Waals surface area contributed by atoms with Crippen LogP contribution in [0.4, 0.5) is 0 Å². The van der Waals surface area contributed by atoms with E-state index in [1.165, 1.54) is 6.92 Å². The van der Waals surface area contributed by atoms with E-state index in [1.807, 2.05) is 0 Å². The van der Waals surface area contributed by atoms with Crippen molar-refractivity contribution in [3.8, 4) is 0 Å². The van der Waals surface area contributed by atoms with E-state index in [0.717, 1.165) is 0 Å². The van der Waals surface area contributed by atoms with Crippen molar-refractivity contribution in [3.05, 3.63) is 12.2 Å². The van der Waals surface area contributed by atoms with E-state index in [1.54, 1.807) is 0 Å². The van der Waals surface area contributed by atoms with Crippen LogP contribution < -0.4 is 0 Å². The van der Waals surface area contributed by atoms with Crippen LogP contribution in [-0.4, -0.2) is 18.7 Å². The maximum Gasteiger partial charge on any atom is 0.268 e. The van der Waals surface area contributed by atoms with Gasteiger partial charge >= 0.3 is 0 Å². The SMILES string of the molecule is C=C(C)CS(=O)(=O)O.[Y]. The standard InChI is InChI=1S/C4H8O3S.Y/c1-4(2)3-8(5,6)7;/h1,3H2,2H3,(H,5,6,7);. The minimum Gasteiger partial charge on any atom is -0.285 e. The molecule has 0 unspecified atom stereocenters. The maximum absolute atomic E-state index is 9.94. The Balaban J connectivity index is 0. The summed E-state index contributed by atoms with van der Waals surface area (Å²) in [6.07, 6.45) is 0. The molecule has 51 valence electrons. The third-order valence-electron chi connectivity index (χ3n) is 0.429. The van der Waals surface area contributed by atoms with Gasteiger partial charge in [0.15, 0.2) is 0 Å². The van der Waals surface area contributed by atoms with Gasteiger partial charge in [0.25, 0.3) is 10.1 Å². The van der Waals surface area contributed by atoms with Gasteiger partial charge in [-0.2, -0.15) is 8.42 Å². The summed E-state index contributed by atoms with van der Waals surface area (Å²) in [6.45, 7) is 4.84. The first kappa shape index (κ1) is 12.4. The maximum atomic E-state index is 9.94. The van der Waals surface area contributed by atoms with Crippen molar-refractivity contribution < 1.29 is 45.7 Å². The van der Waals surface area contributed by atoms with Gasteiger partial charge in [0, 0.05) is 32.7 Å². The van der Waals surface area contributed by atoms with Gasteiger partial charge in [0.1, 0.15) is 0 Å². The zero-order chi connectivity index (χ0) is 6.78. The molecule has 0 fully saturated rings. The van der Waals surface area contributed by atoms with Crippen LogP contribution >= 0.6 is 0 Å². The normalized spacial score (nSPS) is 10.0. The largest absolute Gasteiger partial charge is 0.285 e. The molecule has 0 atom stereocenters. The van der Waals surface area contributed by atoms with Gasteiger partial charge in [0.05, 0.1) is 5.75 Å². The fourth-order valence-electron chi connectivity index (χ4n) is 0.311. The second kappa shape index (κ2) is 4.55. The third-order valence-corrected chi connectivity index (χ3v) is 1.29. The van der Waals surface area contributed by atoms with Crippen LogP contribution in [0.15, 0.2) is 12.2 Å². The van der Waals surface area contributed by atoms with Gasteiger partial charge in [-0.25, -0.2) is 0 Å². The molecular weight excluding hydrogens is 217 g/mol. The van der Waals surface area contributed by atoms with E-state index < -0.39 is 10.1 Å². The molecule has 5 heteroatoms. The van der Waals surface area contributed by atoms with Crippen LogP contribution in [0.2, 0.25) is 0 Å². The Kier molecular flexibility index (Phi) is 6.29. The van der Waals surface area contributed by atoms with Crippen LogP contribution in [0.25, 0.3) is 0 Å². The Morgan fingerprint density at radius 2 is 2.00 bits per heavy atom. The Morgan fingerprint density at radius 1 is 1.67 bits per heavy atom. The van der Waals surface area contributed by atoms with Crippen molar-refractivity contribution in [2.75, 3.05) is 5.75 Å². The van der Waals surface area contributed by atoms with E-state index in [4.69, 9.17) is 4.55 Å². The van der Waals surface area contributed by atoms with Crippen molar-refractivity contribution in [2.45, 2.75) is 6.92 Å². The molecule has 0 bridgehead atoms. The summed E-state index contributed by atoms with van der Waals surface area (Å²) in [5.74, 6) is -0.340. The Labute approximate surface area is 80.2 Å². The minimum absolute atomic E-state index is 0. The van der Waals surface area contributed by atoms with Crippen molar-refractivity contribution in [1.29, 1.82) is 0 Å². The quantitative estimate of drug-likeness (QED) is 0.548. The van der Waals surface area contributed by atoms with Crippen LogP contribution in [0, 0.1) is 0 Å². The number of hydrogen-bond donors (Lipinski definition) is 1. The van der Waals surface area contributed by atoms with Gasteiger partial charge in [-0.05, 0) is 6.92 Å². The van der Waals surface area contributed by atoms with E-state index in [-0.39, 0.29) is 38.5 Å². The summed E-state index contributed by atoms with van der Waals surface area (Å²) in [5.41, 5.74) is 0.438. The summed E-state index contributed by atoms with van der Waals surface area (Å²) in [7, 11) is -3.82. The Morgan fingerprint density at radius 3 is 2.00 bits per heavy atom. The van der Waals surface area contributed by atoms with E-state index >= 15 is 0 Å². The van der Waals surface area contributed by atoms with Gasteiger partial charge < -0.3 is 0 Å². The molecular formula is C4H8O3SY. The fourth-order valence-corrected chi connectivity index (χ4v) is 0.934. The van der Waals surface area contributed by atoms with E-state index in [0.29, 0.717) is 5.57 Å². The fraction of sp³-hybridized carbons (Fsp3) is 0.500. The van der Waals surface area contributed by atoms with Crippen molar-refractivity contribution in [2.24, 2.45) is 0 Å². The van der Waals surface area contributed by atoms with Crippen LogP contribution in [-0.2, 0) is 42.8 Å². The minimum atomic E-state index is -3.82. The van der Waals surface area contributed by atoms with Crippen LogP contribution in [0.5, 0.6) is 0 Å². The molecule has 0 spiro atoms. The molecule has 3 nitrogen and oxygen atoms in total. The number of rotatable bonds is 2. The first-order valence-corrected chi connectivity index (χ1v) is 3.62. The monoisotopic (exact) mass is 225 g/mol. The predicted molar refractivity (Wildman–Crippen MR) is 31.2 cm³/mol. The summed E-state index contributed by atoms with van der Waals surface area (Å²) in [5, 5.41) is 0. The van der Waals surface area contributed by atoms with Crippen LogP contribution in [0.1, 0.15) is 6.92 Å². The first-order valence-electron chi connectivity index (χ1n) is 2.01. The molecule has 0 amide bonds. The molecule has 0 heterocycles. The number of hydrogen-bond acceptors (Lipinski definition) is 2. The molecule has 1 N–H and O–H groups in total. The zero-order valence-electron chi connectivity index (χ0n) is 5.16. The zero-order valence-corrected chi connectivity index (χ0v) is 8.82. The molecule has 1 radical (unpaired) electrons. The van der Waals surface area contributed by atoms with Gasteiger partial charge in [0.2, 0.25) is 0 Å². The second-order valence-corrected chi connectivity index (χ2v) is 3.14. The second-order valence-electron chi connectivity index (χ2n) is 1.68. The Bertz CT molecular complexity index is 182. The molecule has 0 aliphatic rings. The summed E-state index contributed by atoms with van der Waals surface area (Å²) < 4.78 is 28.0. The molecule has 0 aromatic carbocycles. The molecule has 0 aromatic heterocycles. The smallest absolute Gasteiger partial charge is 0.268 e. The third kappa shape index (κ3) is 12.1. The van der Waals surface area contributed by atoms with E-state index in [2.05, 4.69) is 6.58 Å². The van der Waals surface area contributed by atoms with Crippen molar-refractivity contribution in [1.82, 2.24) is 0 Å². The van der Waals surface area contributed by atoms with Crippen LogP contribution in [0.3, 0.4) is 0 Å². The van der Waals surface area contributed by atoms with Gasteiger partial charge in [-0.15, -0.1) is 0 Å². The van der Waals surface area contributed by atoms with Crippen molar-refractivity contribution >= 4 is 10.1 Å². The summed E-state index contributed by atoms with van der Waals surface area (Å²) in [4.78, 5) is 0. The molecule has 0 aliphatic carbocycles. The summed E-state index contributed by atoms with van der Waals surface area (Å²) in [6, 6.07) is 0. The molecule has 9 heavy (non-hydrogen) atoms. The van der Waals surface area contributed by atoms with Gasteiger partial charge in [-0.3, -0.25) is 4.55 Å². The Hall–Kier alpha value is 0.754. The molecule has 0 saturated carbocycles. The topological polar surface area (TPSA) is 54.4 Å². The van der Waals surface area contributed by atoms with Crippen molar-refractivity contribution in [3.63, 3.8) is 0 Å². The average Bonchev–Trinajstić information content (AvgIpc) is 1.21. The molecule has 0 rings (SSSR count).